The summed E-state index contributed by atoms with van der Waals surface area (Å²) in [6, 6.07) is 9.44. The third-order valence-corrected chi connectivity index (χ3v) is 22.0. The molecule has 93 heavy (non-hydrogen) atoms. The Morgan fingerprint density at radius 3 is 1.51 bits per heavy atom. The normalized spacial score (nSPS) is 32.6. The predicted octanol–water partition coefficient (Wildman–Crippen LogP) is 13.9. The van der Waals surface area contributed by atoms with Gasteiger partial charge in [-0.15, -0.1) is 25.6 Å². The number of cyclic esters (lactones) is 1. The maximum absolute atomic E-state index is 12.9. The molecule has 528 valence electrons. The van der Waals surface area contributed by atoms with E-state index >= 15 is 0 Å². The topological polar surface area (TPSA) is 253 Å². The molecule has 1 aromatic carbocycles. The molecule has 2 heterocycles. The van der Waals surface area contributed by atoms with E-state index in [-0.39, 0.29) is 146 Å². The molecule has 21 atom stereocenters. The van der Waals surface area contributed by atoms with Crippen LogP contribution in [0.4, 0.5) is 4.79 Å². The summed E-state index contributed by atoms with van der Waals surface area (Å²) in [7, 11) is 2.88. The number of unbranched alkanes of at least 4 members (excludes halogenated alkanes) is 2. The summed E-state index contributed by atoms with van der Waals surface area (Å²) in [5.41, 5.74) is 6.87. The maximum Gasteiger partial charge on any atom is 0.416 e. The number of methoxy groups -OCH3 is 2. The highest BCUT2D eigenvalue weighted by atomic mass is 35.5. The molecule has 0 aromatic heterocycles. The van der Waals surface area contributed by atoms with Crippen molar-refractivity contribution in [2.75, 3.05) is 27.4 Å². The standard InChI is InChI=1S/C19H23NO3.C18H26O4.C14H19NO4.C10H16O2.C9H15NO2.4CH4.ClH.2H2/c1-12(14-8-15-10-16(15)9-14)18(21)20-17(11-23-19(20)22)7-13-5-3-2-4-6-13;1-2-3-4-5-11-9-16(11)22-17(19)10-15(18(20)21)14-7-12-6-13(12)8-14;1-2-3-4-5-10-8-11(10)19-14(18)9-15-12(16)6-7-13(15)17;1-6(10(11)12-2)7-3-8-5-9(8)4-7;1-12-9(11)8(10)7-3-5-2-6(5)4-7;;;;;;;/h2-6,12,14-17H,7-11H2,1H3;2,11-16H,1,3-10H2,(H,20,21);2,10-11H,1,3-9H2;6-9H,3-5H2,1-2H3;5-8H,2-4,10H2,1H3;4*1H4;3*1H/t12-,14?,15-,16+,17-;11-,12-,13+,14?,15+,16-;10-,11-;6-,7?,8-,9+;5-,6+,7?,8-;;;;;;;/m01100......./s1/i;;;;;;;;;;2*1+1D. The quantitative estimate of drug-likeness (QED) is 0.0321. The number of benzene rings is 1. The number of imide groups is 2. The minimum atomic E-state index is -0.832. The minimum Gasteiger partial charge on any atom is -0.481 e. The Bertz CT molecular complexity index is 2620. The summed E-state index contributed by atoms with van der Waals surface area (Å²) in [5.74, 6) is 6.40. The SMILES string of the molecule is C.C.C.C.C=CCCC[C@@H]1C[C@H]1OC(=O)CN1C(=O)CCC1=O.C=CCCC[C@@H]1C[C@H]1OC(=O)C[C@H](C(=O)O)C1C[C@@H]2C[C@@H]2C1.COC(=O)[C@@H](C)C1C[C@@H]2C[C@@H]2C1.COC(=O)[C@@H](N)C1C[C@@H]2C[C@@H]2C1.C[C@H](C(=O)N1C(=O)OC[C@@H]1Cc1ccccc1)C1C[C@@H]2C[C@@H]2C1.Cl.[2H][2H].[2H][2H]. The number of likely N-dealkylation sites (tertiary alicyclic amines) is 1. The fourth-order valence-electron chi connectivity index (χ4n) is 15.8. The fourth-order valence-corrected chi connectivity index (χ4v) is 15.8. The number of hydrogen-bond donors (Lipinski definition) is 2. The predicted molar refractivity (Wildman–Crippen MR) is 364 cm³/mol. The Labute approximate surface area is 568 Å². The van der Waals surface area contributed by atoms with Crippen LogP contribution in [0.15, 0.2) is 55.6 Å². The van der Waals surface area contributed by atoms with Crippen molar-refractivity contribution in [1.29, 1.82) is 0 Å². The number of hydrogen-bond acceptors (Lipinski definition) is 15. The molecule has 0 radical (unpaired) electrons. The molecule has 12 aliphatic rings. The van der Waals surface area contributed by atoms with Crippen LogP contribution in [0.2, 0.25) is 0 Å². The van der Waals surface area contributed by atoms with Gasteiger partial charge in [-0.3, -0.25) is 43.3 Å². The van der Waals surface area contributed by atoms with Gasteiger partial charge in [0, 0.05) is 24.7 Å². The maximum atomic E-state index is 12.9. The van der Waals surface area contributed by atoms with Gasteiger partial charge in [0.2, 0.25) is 17.7 Å². The molecule has 19 heteroatoms. The molecule has 0 spiro atoms. The summed E-state index contributed by atoms with van der Waals surface area (Å²) >= 11 is 0. The van der Waals surface area contributed by atoms with E-state index in [4.69, 9.17) is 30.6 Å². The first-order valence-corrected chi connectivity index (χ1v) is 33.4. The van der Waals surface area contributed by atoms with Crippen molar-refractivity contribution in [3.8, 4) is 0 Å². The molecule has 12 fully saturated rings. The summed E-state index contributed by atoms with van der Waals surface area (Å²) < 4.78 is 45.2. The van der Waals surface area contributed by atoms with Crippen LogP contribution in [-0.2, 0) is 68.5 Å². The average molecular weight is 1330 g/mol. The van der Waals surface area contributed by atoms with Crippen LogP contribution in [0.1, 0.15) is 203 Å². The third-order valence-electron chi connectivity index (χ3n) is 22.0. The molecular weight excluding hydrogens is 1210 g/mol. The summed E-state index contributed by atoms with van der Waals surface area (Å²) in [4.78, 5) is 107. The van der Waals surface area contributed by atoms with Gasteiger partial charge in [-0.1, -0.05) is 86.0 Å². The molecule has 13 rings (SSSR count). The number of nitrogens with two attached hydrogens (primary N) is 1. The molecule has 3 N–H and O–H groups in total. The van der Waals surface area contributed by atoms with Crippen LogP contribution < -0.4 is 5.73 Å². The Hall–Kier alpha value is -5.62. The first-order valence-electron chi connectivity index (χ1n) is 35.4. The largest absolute Gasteiger partial charge is 0.481 e. The van der Waals surface area contributed by atoms with Gasteiger partial charge in [0.15, 0.2) is 0 Å². The molecule has 2 saturated heterocycles. The van der Waals surface area contributed by atoms with E-state index in [1.54, 1.807) is 0 Å². The highest BCUT2D eigenvalue weighted by molar-refractivity contribution is 6.04. The number of allylic oxidation sites excluding steroid dienone is 2. The lowest BCUT2D eigenvalue weighted by Gasteiger charge is -2.26. The lowest BCUT2D eigenvalue weighted by atomic mass is 9.86. The second kappa shape index (κ2) is 36.5. The summed E-state index contributed by atoms with van der Waals surface area (Å²) in [6.07, 6.45) is 27.0. The smallest absolute Gasteiger partial charge is 0.416 e. The van der Waals surface area contributed by atoms with Crippen LogP contribution in [0.5, 0.6) is 0 Å². The van der Waals surface area contributed by atoms with E-state index in [9.17, 15) is 48.3 Å². The van der Waals surface area contributed by atoms with E-state index in [1.165, 1.54) is 57.6 Å². The molecular formula is C74H120ClN3O15. The van der Waals surface area contributed by atoms with Crippen LogP contribution in [0.3, 0.4) is 0 Å². The number of rotatable bonds is 24. The van der Waals surface area contributed by atoms with E-state index in [1.807, 2.05) is 56.3 Å². The van der Waals surface area contributed by atoms with Crippen LogP contribution in [0.25, 0.3) is 0 Å². The highest BCUT2D eigenvalue weighted by Gasteiger charge is 2.53. The minimum absolute atomic E-state index is 0. The Kier molecular flexibility index (Phi) is 30.0. The average Bonchev–Trinajstić information content (AvgIpc) is 1.65. The summed E-state index contributed by atoms with van der Waals surface area (Å²) in [5, 5.41) is 9.41. The monoisotopic (exact) mass is 1330 g/mol. The first-order chi connectivity index (χ1) is 44.3. The van der Waals surface area contributed by atoms with E-state index in [0.29, 0.717) is 42.6 Å². The van der Waals surface area contributed by atoms with Gasteiger partial charge in [0.25, 0.3) is 0 Å². The number of fused-ring (bicyclic) bond motifs is 4. The number of nitrogens with zero attached hydrogens (tertiary/aromatic N) is 2. The van der Waals surface area contributed by atoms with Gasteiger partial charge in [0.1, 0.15) is 31.4 Å². The van der Waals surface area contributed by atoms with Gasteiger partial charge in [0.05, 0.1) is 38.5 Å². The molecule has 1 aromatic rings. The Morgan fingerprint density at radius 2 is 1.06 bits per heavy atom. The van der Waals surface area contributed by atoms with Crippen LogP contribution in [-0.4, -0.2) is 120 Å². The number of aliphatic carboxylic acids is 1. The van der Waals surface area contributed by atoms with Crippen LogP contribution in [0, 0.1) is 101 Å². The van der Waals surface area contributed by atoms with E-state index < -0.39 is 23.9 Å². The molecule has 10 saturated carbocycles. The van der Waals surface area contributed by atoms with Crippen LogP contribution >= 0.6 is 12.4 Å². The molecule has 18 nitrogen and oxygen atoms in total. The molecule has 2 aliphatic heterocycles. The lowest BCUT2D eigenvalue weighted by molar-refractivity contribution is -0.154. The Balaban J connectivity index is 0.000000410. The zero-order chi connectivity index (χ0) is 66.9. The van der Waals surface area contributed by atoms with Crippen molar-refractivity contribution in [3.05, 3.63) is 61.2 Å². The molecule has 10 aliphatic carbocycles. The second-order valence-electron chi connectivity index (χ2n) is 28.2. The van der Waals surface area contributed by atoms with Gasteiger partial charge >= 0.3 is 35.9 Å². The number of carbonyl (C=O) groups excluding carboxylic acids is 8. The number of ether oxygens (including phenoxy) is 5. The first kappa shape index (κ1) is 76.4. The van der Waals surface area contributed by atoms with Crippen molar-refractivity contribution in [2.45, 2.75) is 222 Å². The van der Waals surface area contributed by atoms with Crippen molar-refractivity contribution < 1.29 is 77.9 Å². The number of halogens is 1. The van der Waals surface area contributed by atoms with Gasteiger partial charge in [-0.25, -0.2) is 9.69 Å². The van der Waals surface area contributed by atoms with E-state index in [2.05, 4.69) is 17.9 Å². The zero-order valence-corrected chi connectivity index (χ0v) is 53.8. The number of esters is 4. The molecule has 4 unspecified atom stereocenters. The van der Waals surface area contributed by atoms with Crippen molar-refractivity contribution in [3.63, 3.8) is 0 Å². The zero-order valence-electron chi connectivity index (χ0n) is 57.0. The lowest BCUT2D eigenvalue weighted by Crippen LogP contribution is -2.44. The van der Waals surface area contributed by atoms with Crippen molar-refractivity contribution in [2.24, 2.45) is 106 Å². The number of amides is 4. The van der Waals surface area contributed by atoms with Crippen molar-refractivity contribution >= 4 is 66.1 Å². The number of carboxylic acid groups (broad SMARTS) is 1. The number of carbonyl (C=O) groups is 9. The molecule has 4 amide bonds. The fraction of sp³-hybridized carbons (Fsp3) is 0.743. The van der Waals surface area contributed by atoms with Gasteiger partial charge in [-0.2, -0.15) is 0 Å². The molecule has 0 bridgehead atoms. The Morgan fingerprint density at radius 1 is 0.634 bits per heavy atom. The van der Waals surface area contributed by atoms with Gasteiger partial charge < -0.3 is 34.5 Å². The third kappa shape index (κ3) is 22.2. The highest BCUT2D eigenvalue weighted by Crippen LogP contribution is 2.59. The van der Waals surface area contributed by atoms with Crippen molar-refractivity contribution in [1.82, 2.24) is 9.80 Å². The summed E-state index contributed by atoms with van der Waals surface area (Å²) in [6.45, 7) is 11.4. The van der Waals surface area contributed by atoms with Gasteiger partial charge in [-0.05, 0) is 223 Å². The second-order valence-corrected chi connectivity index (χ2v) is 28.2. The number of carboxylic acids is 1. The van der Waals surface area contributed by atoms with E-state index in [0.717, 1.165) is 148 Å².